The van der Waals surface area contributed by atoms with Crippen LogP contribution >= 0.6 is 23.2 Å². The summed E-state index contributed by atoms with van der Waals surface area (Å²) in [4.78, 5) is 0. The first-order valence-electron chi connectivity index (χ1n) is 5.64. The molecule has 0 aliphatic carbocycles. The van der Waals surface area contributed by atoms with Crippen molar-refractivity contribution in [3.05, 3.63) is 51.8 Å². The molecule has 2 rings (SSSR count). The van der Waals surface area contributed by atoms with Gasteiger partial charge >= 0.3 is 0 Å². The van der Waals surface area contributed by atoms with E-state index in [1.165, 1.54) is 0 Å². The number of aryl methyl sites for hydroxylation is 1. The summed E-state index contributed by atoms with van der Waals surface area (Å²) in [5.74, 6) is 0. The van der Waals surface area contributed by atoms with Crippen LogP contribution in [0.3, 0.4) is 0 Å². The second-order valence-corrected chi connectivity index (χ2v) is 5.15. The Hall–Kier alpha value is -1.03. The van der Waals surface area contributed by atoms with E-state index >= 15 is 0 Å². The number of halogens is 2. The van der Waals surface area contributed by atoms with Gasteiger partial charge in [-0.3, -0.25) is 4.68 Å². The third-order valence-corrected chi connectivity index (χ3v) is 3.42. The number of nitrogens with zero attached hydrogens (tertiary/aromatic N) is 2. The Kier molecular flexibility index (Phi) is 4.27. The van der Waals surface area contributed by atoms with Crippen LogP contribution in [0.4, 0.5) is 0 Å². The predicted octanol–water partition coefficient (Wildman–Crippen LogP) is 2.87. The highest BCUT2D eigenvalue weighted by molar-refractivity contribution is 6.42. The summed E-state index contributed by atoms with van der Waals surface area (Å²) in [7, 11) is 1.86. The molecule has 0 saturated heterocycles. The van der Waals surface area contributed by atoms with Crippen LogP contribution in [-0.2, 0) is 19.9 Å². The van der Waals surface area contributed by atoms with Crippen molar-refractivity contribution in [2.75, 3.05) is 0 Å². The van der Waals surface area contributed by atoms with Crippen molar-refractivity contribution < 1.29 is 5.11 Å². The third kappa shape index (κ3) is 3.48. The minimum atomic E-state index is -0.452. The molecule has 2 aromatic rings. The van der Waals surface area contributed by atoms with Gasteiger partial charge in [-0.15, -0.1) is 0 Å². The Balaban J connectivity index is 1.98. The number of aliphatic hydroxyl groups excluding tert-OH is 1. The van der Waals surface area contributed by atoms with Gasteiger partial charge in [0.15, 0.2) is 0 Å². The van der Waals surface area contributed by atoms with Gasteiger partial charge in [0.1, 0.15) is 0 Å². The fourth-order valence-electron chi connectivity index (χ4n) is 1.86. The largest absolute Gasteiger partial charge is 0.392 e. The Labute approximate surface area is 116 Å². The van der Waals surface area contributed by atoms with Crippen molar-refractivity contribution in [2.45, 2.75) is 18.9 Å². The van der Waals surface area contributed by atoms with Crippen LogP contribution in [0.25, 0.3) is 0 Å². The Morgan fingerprint density at radius 2 is 1.94 bits per heavy atom. The lowest BCUT2D eigenvalue weighted by Gasteiger charge is -2.10. The summed E-state index contributed by atoms with van der Waals surface area (Å²) < 4.78 is 1.72. The highest BCUT2D eigenvalue weighted by Gasteiger charge is 2.09. The molecule has 0 bridgehead atoms. The summed E-state index contributed by atoms with van der Waals surface area (Å²) in [6.45, 7) is 0. The van der Waals surface area contributed by atoms with Gasteiger partial charge in [-0.1, -0.05) is 29.3 Å². The van der Waals surface area contributed by atoms with Crippen LogP contribution in [0.15, 0.2) is 30.6 Å². The molecular weight excluding hydrogens is 271 g/mol. The number of aliphatic hydroxyl groups is 1. The van der Waals surface area contributed by atoms with Gasteiger partial charge in [-0.05, 0) is 29.7 Å². The van der Waals surface area contributed by atoms with Crippen LogP contribution in [0.2, 0.25) is 10.0 Å². The molecular formula is C13H14Cl2N2O. The highest BCUT2D eigenvalue weighted by Crippen LogP contribution is 2.23. The molecule has 1 unspecified atom stereocenters. The Bertz CT molecular complexity index is 540. The lowest BCUT2D eigenvalue weighted by molar-refractivity contribution is 0.175. The van der Waals surface area contributed by atoms with E-state index in [1.807, 2.05) is 19.3 Å². The van der Waals surface area contributed by atoms with Crippen molar-refractivity contribution in [1.29, 1.82) is 0 Å². The maximum absolute atomic E-state index is 10.0. The van der Waals surface area contributed by atoms with Crippen molar-refractivity contribution >= 4 is 23.2 Å². The molecule has 1 N–H and O–H groups in total. The number of hydrogen-bond donors (Lipinski definition) is 1. The van der Waals surface area contributed by atoms with Crippen LogP contribution in [0.1, 0.15) is 11.1 Å². The normalized spacial score (nSPS) is 12.7. The van der Waals surface area contributed by atoms with Gasteiger partial charge in [-0.25, -0.2) is 0 Å². The van der Waals surface area contributed by atoms with Gasteiger partial charge in [0.2, 0.25) is 0 Å². The zero-order chi connectivity index (χ0) is 13.1. The van der Waals surface area contributed by atoms with Crippen molar-refractivity contribution in [3.8, 4) is 0 Å². The van der Waals surface area contributed by atoms with E-state index in [0.29, 0.717) is 22.9 Å². The average molecular weight is 285 g/mol. The lowest BCUT2D eigenvalue weighted by Crippen LogP contribution is -2.13. The zero-order valence-corrected chi connectivity index (χ0v) is 11.5. The molecule has 0 fully saturated rings. The SMILES string of the molecule is Cn1cc(CC(O)Cc2ccc(Cl)c(Cl)c2)cn1. The molecule has 3 nitrogen and oxygen atoms in total. The Morgan fingerprint density at radius 1 is 1.22 bits per heavy atom. The molecule has 0 amide bonds. The minimum Gasteiger partial charge on any atom is -0.392 e. The van der Waals surface area contributed by atoms with Gasteiger partial charge in [0.25, 0.3) is 0 Å². The van der Waals surface area contributed by atoms with E-state index in [-0.39, 0.29) is 0 Å². The zero-order valence-electron chi connectivity index (χ0n) is 9.98. The van der Waals surface area contributed by atoms with E-state index in [9.17, 15) is 5.11 Å². The van der Waals surface area contributed by atoms with Crippen LogP contribution in [-0.4, -0.2) is 21.0 Å². The average Bonchev–Trinajstić information content (AvgIpc) is 2.69. The predicted molar refractivity (Wildman–Crippen MR) is 73.1 cm³/mol. The van der Waals surface area contributed by atoms with Crippen LogP contribution in [0, 0.1) is 0 Å². The van der Waals surface area contributed by atoms with E-state index < -0.39 is 6.10 Å². The fourth-order valence-corrected chi connectivity index (χ4v) is 2.18. The third-order valence-electron chi connectivity index (χ3n) is 2.69. The van der Waals surface area contributed by atoms with Crippen LogP contribution in [0.5, 0.6) is 0 Å². The number of aromatic nitrogens is 2. The molecule has 5 heteroatoms. The summed E-state index contributed by atoms with van der Waals surface area (Å²) in [5.41, 5.74) is 1.99. The maximum Gasteiger partial charge on any atom is 0.0622 e. The van der Waals surface area contributed by atoms with Gasteiger partial charge in [-0.2, -0.15) is 5.10 Å². The number of hydrogen-bond acceptors (Lipinski definition) is 2. The second-order valence-electron chi connectivity index (χ2n) is 4.33. The topological polar surface area (TPSA) is 38.0 Å². The van der Waals surface area contributed by atoms with Gasteiger partial charge < -0.3 is 5.11 Å². The Morgan fingerprint density at radius 3 is 2.56 bits per heavy atom. The first-order valence-corrected chi connectivity index (χ1v) is 6.39. The molecule has 1 atom stereocenters. The molecule has 0 aliphatic heterocycles. The monoisotopic (exact) mass is 284 g/mol. The van der Waals surface area contributed by atoms with E-state index in [2.05, 4.69) is 5.10 Å². The van der Waals surface area contributed by atoms with E-state index in [0.717, 1.165) is 11.1 Å². The van der Waals surface area contributed by atoms with E-state index in [1.54, 1.807) is 23.0 Å². The summed E-state index contributed by atoms with van der Waals surface area (Å²) in [6, 6.07) is 5.41. The van der Waals surface area contributed by atoms with Crippen molar-refractivity contribution in [3.63, 3.8) is 0 Å². The van der Waals surface area contributed by atoms with Gasteiger partial charge in [0.05, 0.1) is 22.3 Å². The summed E-state index contributed by atoms with van der Waals surface area (Å²) >= 11 is 11.8. The second kappa shape index (κ2) is 5.74. The maximum atomic E-state index is 10.0. The van der Waals surface area contributed by atoms with Gasteiger partial charge in [0, 0.05) is 19.7 Å². The van der Waals surface area contributed by atoms with E-state index in [4.69, 9.17) is 23.2 Å². The summed E-state index contributed by atoms with van der Waals surface area (Å²) in [6.07, 6.45) is 4.34. The molecule has 0 radical (unpaired) electrons. The van der Waals surface area contributed by atoms with Crippen molar-refractivity contribution in [1.82, 2.24) is 9.78 Å². The lowest BCUT2D eigenvalue weighted by atomic mass is 10.0. The molecule has 1 aromatic heterocycles. The molecule has 18 heavy (non-hydrogen) atoms. The van der Waals surface area contributed by atoms with Crippen LogP contribution < -0.4 is 0 Å². The molecule has 1 aromatic carbocycles. The molecule has 1 heterocycles. The molecule has 0 aliphatic rings. The minimum absolute atomic E-state index is 0.452. The first kappa shape index (κ1) is 13.4. The van der Waals surface area contributed by atoms with Crippen molar-refractivity contribution in [2.24, 2.45) is 7.05 Å². The first-order chi connectivity index (χ1) is 8.54. The standard InChI is InChI=1S/C13H14Cl2N2O/c1-17-8-10(7-16-17)5-11(18)4-9-2-3-12(14)13(15)6-9/h2-3,6-8,11,18H,4-5H2,1H3. The number of rotatable bonds is 4. The highest BCUT2D eigenvalue weighted by atomic mass is 35.5. The molecule has 0 spiro atoms. The quantitative estimate of drug-likeness (QED) is 0.938. The fraction of sp³-hybridized carbons (Fsp3) is 0.308. The molecule has 0 saturated carbocycles. The summed E-state index contributed by atoms with van der Waals surface area (Å²) in [5, 5.41) is 15.1. The number of benzene rings is 1. The smallest absolute Gasteiger partial charge is 0.0622 e. The molecule has 96 valence electrons.